The standard InChI is InChI=1S/C14H11FN2OS/c15-11-3-1-2-10(6-11)7-13(18)8-12-9-17-4-5-19-14(17)16-12/h1-6,9H,7-8H2. The summed E-state index contributed by atoms with van der Waals surface area (Å²) in [5.74, 6) is -0.274. The van der Waals surface area contributed by atoms with Gasteiger partial charge in [0.15, 0.2) is 4.96 Å². The zero-order valence-electron chi connectivity index (χ0n) is 10.0. The molecule has 0 fully saturated rings. The monoisotopic (exact) mass is 274 g/mol. The van der Waals surface area contributed by atoms with Crippen LogP contribution in [0.5, 0.6) is 0 Å². The number of hydrogen-bond acceptors (Lipinski definition) is 3. The summed E-state index contributed by atoms with van der Waals surface area (Å²) in [5, 5.41) is 1.95. The fourth-order valence-electron chi connectivity index (χ4n) is 2.00. The first-order valence-corrected chi connectivity index (χ1v) is 6.76. The summed E-state index contributed by atoms with van der Waals surface area (Å²) in [4.78, 5) is 17.2. The van der Waals surface area contributed by atoms with Gasteiger partial charge in [-0.05, 0) is 17.7 Å². The zero-order chi connectivity index (χ0) is 13.2. The van der Waals surface area contributed by atoms with Crippen molar-refractivity contribution in [1.29, 1.82) is 0 Å². The van der Waals surface area contributed by atoms with Crippen LogP contribution in [0.2, 0.25) is 0 Å². The van der Waals surface area contributed by atoms with Crippen LogP contribution in [0.15, 0.2) is 42.0 Å². The number of halogens is 1. The maximum Gasteiger partial charge on any atom is 0.193 e. The SMILES string of the molecule is O=C(Cc1cccc(F)c1)Cc1cn2ccsc2n1. The second-order valence-corrected chi connectivity index (χ2v) is 5.22. The molecule has 0 aliphatic rings. The Hall–Kier alpha value is -2.01. The van der Waals surface area contributed by atoms with E-state index in [4.69, 9.17) is 0 Å². The van der Waals surface area contributed by atoms with E-state index in [1.165, 1.54) is 23.5 Å². The first kappa shape index (κ1) is 12.0. The van der Waals surface area contributed by atoms with E-state index in [2.05, 4.69) is 4.98 Å². The number of nitrogens with zero attached hydrogens (tertiary/aromatic N) is 2. The molecule has 96 valence electrons. The Morgan fingerprint density at radius 3 is 3.05 bits per heavy atom. The molecule has 0 saturated carbocycles. The summed E-state index contributed by atoms with van der Waals surface area (Å²) in [7, 11) is 0. The van der Waals surface area contributed by atoms with Crippen molar-refractivity contribution in [3.63, 3.8) is 0 Å². The number of carbonyl (C=O) groups is 1. The molecule has 2 heterocycles. The molecule has 0 spiro atoms. The van der Waals surface area contributed by atoms with E-state index in [0.717, 1.165) is 10.7 Å². The lowest BCUT2D eigenvalue weighted by Crippen LogP contribution is -2.07. The van der Waals surface area contributed by atoms with Crippen LogP contribution in [-0.2, 0) is 17.6 Å². The van der Waals surface area contributed by atoms with Gasteiger partial charge in [0.1, 0.15) is 11.6 Å². The highest BCUT2D eigenvalue weighted by atomic mass is 32.1. The highest BCUT2D eigenvalue weighted by Crippen LogP contribution is 2.13. The lowest BCUT2D eigenvalue weighted by atomic mass is 10.1. The molecule has 1 aromatic carbocycles. The Kier molecular flexibility index (Phi) is 3.13. The maximum atomic E-state index is 13.0. The Balaban J connectivity index is 1.69. The number of hydrogen-bond donors (Lipinski definition) is 0. The average Bonchev–Trinajstić information content (AvgIpc) is 2.89. The molecule has 0 saturated heterocycles. The van der Waals surface area contributed by atoms with E-state index in [1.807, 2.05) is 22.2 Å². The highest BCUT2D eigenvalue weighted by Gasteiger charge is 2.09. The van der Waals surface area contributed by atoms with Gasteiger partial charge in [-0.1, -0.05) is 12.1 Å². The van der Waals surface area contributed by atoms with Crippen molar-refractivity contribution >= 4 is 22.1 Å². The first-order chi connectivity index (χ1) is 9.20. The van der Waals surface area contributed by atoms with Gasteiger partial charge in [-0.3, -0.25) is 9.20 Å². The van der Waals surface area contributed by atoms with Crippen molar-refractivity contribution in [3.05, 3.63) is 59.1 Å². The molecular formula is C14H11FN2OS. The Labute approximate surface area is 113 Å². The molecule has 0 aliphatic heterocycles. The minimum atomic E-state index is -0.312. The summed E-state index contributed by atoms with van der Waals surface area (Å²) in [6.07, 6.45) is 4.29. The second kappa shape index (κ2) is 4.93. The second-order valence-electron chi connectivity index (χ2n) is 4.35. The molecule has 19 heavy (non-hydrogen) atoms. The molecule has 5 heteroatoms. The number of thiazole rings is 1. The number of ketones is 1. The number of aromatic nitrogens is 2. The van der Waals surface area contributed by atoms with Gasteiger partial charge in [0.25, 0.3) is 0 Å². The van der Waals surface area contributed by atoms with Crippen LogP contribution in [0, 0.1) is 5.82 Å². The fourth-order valence-corrected chi connectivity index (χ4v) is 2.72. The van der Waals surface area contributed by atoms with Crippen molar-refractivity contribution in [1.82, 2.24) is 9.38 Å². The molecule has 3 aromatic rings. The molecule has 0 aliphatic carbocycles. The number of imidazole rings is 1. The summed E-state index contributed by atoms with van der Waals surface area (Å²) in [5.41, 5.74) is 1.46. The summed E-state index contributed by atoms with van der Waals surface area (Å²) in [6, 6.07) is 6.14. The lowest BCUT2D eigenvalue weighted by Gasteiger charge is -1.99. The number of Topliss-reactive ketones (excluding diaryl/α,β-unsaturated/α-hetero) is 1. The minimum absolute atomic E-state index is 0.0383. The quantitative estimate of drug-likeness (QED) is 0.733. The average molecular weight is 274 g/mol. The predicted molar refractivity (Wildman–Crippen MR) is 71.9 cm³/mol. The molecule has 0 bridgehead atoms. The van der Waals surface area contributed by atoms with Gasteiger partial charge in [-0.15, -0.1) is 11.3 Å². The molecule has 2 aromatic heterocycles. The highest BCUT2D eigenvalue weighted by molar-refractivity contribution is 7.15. The molecule has 0 radical (unpaired) electrons. The maximum absolute atomic E-state index is 13.0. The van der Waals surface area contributed by atoms with Crippen molar-refractivity contribution in [2.45, 2.75) is 12.8 Å². The molecule has 3 rings (SSSR count). The summed E-state index contributed by atoms with van der Waals surface area (Å²) < 4.78 is 14.9. The van der Waals surface area contributed by atoms with E-state index in [9.17, 15) is 9.18 Å². The Morgan fingerprint density at radius 2 is 2.26 bits per heavy atom. The van der Waals surface area contributed by atoms with Gasteiger partial charge in [-0.25, -0.2) is 9.37 Å². The number of rotatable bonds is 4. The molecule has 0 atom stereocenters. The van der Waals surface area contributed by atoms with Crippen LogP contribution in [0.4, 0.5) is 4.39 Å². The van der Waals surface area contributed by atoms with Gasteiger partial charge >= 0.3 is 0 Å². The van der Waals surface area contributed by atoms with Crippen LogP contribution in [0.3, 0.4) is 0 Å². The van der Waals surface area contributed by atoms with E-state index in [0.29, 0.717) is 5.56 Å². The van der Waals surface area contributed by atoms with Gasteiger partial charge < -0.3 is 0 Å². The van der Waals surface area contributed by atoms with E-state index >= 15 is 0 Å². The van der Waals surface area contributed by atoms with Crippen molar-refractivity contribution < 1.29 is 9.18 Å². The van der Waals surface area contributed by atoms with Crippen LogP contribution < -0.4 is 0 Å². The molecule has 0 unspecified atom stereocenters. The predicted octanol–water partition coefficient (Wildman–Crippen LogP) is 2.89. The number of fused-ring (bicyclic) bond motifs is 1. The molecule has 3 nitrogen and oxygen atoms in total. The van der Waals surface area contributed by atoms with Crippen molar-refractivity contribution in [2.24, 2.45) is 0 Å². The van der Waals surface area contributed by atoms with Gasteiger partial charge in [0.05, 0.1) is 12.1 Å². The van der Waals surface area contributed by atoms with Crippen LogP contribution in [0.1, 0.15) is 11.3 Å². The van der Waals surface area contributed by atoms with E-state index in [1.54, 1.807) is 12.1 Å². The topological polar surface area (TPSA) is 34.4 Å². The summed E-state index contributed by atoms with van der Waals surface area (Å²) >= 11 is 1.53. The number of carbonyl (C=O) groups excluding carboxylic acids is 1. The third-order valence-electron chi connectivity index (χ3n) is 2.81. The van der Waals surface area contributed by atoms with Crippen molar-refractivity contribution in [2.75, 3.05) is 0 Å². The normalized spacial score (nSPS) is 11.0. The van der Waals surface area contributed by atoms with Gasteiger partial charge in [0, 0.05) is 24.2 Å². The zero-order valence-corrected chi connectivity index (χ0v) is 10.9. The molecular weight excluding hydrogens is 263 g/mol. The molecule has 0 amide bonds. The first-order valence-electron chi connectivity index (χ1n) is 5.88. The van der Waals surface area contributed by atoms with Crippen LogP contribution >= 0.6 is 11.3 Å². The molecule has 0 N–H and O–H groups in total. The third-order valence-corrected chi connectivity index (χ3v) is 3.58. The third kappa shape index (κ3) is 2.71. The smallest absolute Gasteiger partial charge is 0.193 e. The van der Waals surface area contributed by atoms with Gasteiger partial charge in [0.2, 0.25) is 0 Å². The number of benzene rings is 1. The van der Waals surface area contributed by atoms with Crippen LogP contribution in [-0.4, -0.2) is 15.2 Å². The van der Waals surface area contributed by atoms with Crippen LogP contribution in [0.25, 0.3) is 4.96 Å². The fraction of sp³-hybridized carbons (Fsp3) is 0.143. The van der Waals surface area contributed by atoms with E-state index in [-0.39, 0.29) is 24.4 Å². The van der Waals surface area contributed by atoms with Crippen molar-refractivity contribution in [3.8, 4) is 0 Å². The Morgan fingerprint density at radius 1 is 1.37 bits per heavy atom. The van der Waals surface area contributed by atoms with Gasteiger partial charge in [-0.2, -0.15) is 0 Å². The minimum Gasteiger partial charge on any atom is -0.299 e. The largest absolute Gasteiger partial charge is 0.299 e. The van der Waals surface area contributed by atoms with E-state index < -0.39 is 0 Å². The Bertz CT molecular complexity index is 703. The lowest BCUT2D eigenvalue weighted by molar-refractivity contribution is -0.117. The summed E-state index contributed by atoms with van der Waals surface area (Å²) in [6.45, 7) is 0.